The van der Waals surface area contributed by atoms with E-state index in [-0.39, 0.29) is 0 Å². The van der Waals surface area contributed by atoms with Gasteiger partial charge in [-0.15, -0.1) is 0 Å². The Bertz CT molecular complexity index is 214. The van der Waals surface area contributed by atoms with Crippen LogP contribution >= 0.6 is 0 Å². The minimum atomic E-state index is 0.496. The van der Waals surface area contributed by atoms with Crippen LogP contribution in [0.1, 0.15) is 64.2 Å². The molecule has 2 aliphatic heterocycles. The quantitative estimate of drug-likeness (QED) is 0.739. The highest BCUT2D eigenvalue weighted by Crippen LogP contribution is 2.38. The first kappa shape index (κ1) is 11.0. The van der Waals surface area contributed by atoms with Crippen LogP contribution in [0.2, 0.25) is 0 Å². The second-order valence-corrected chi connectivity index (χ2v) is 6.21. The van der Waals surface area contributed by atoms with E-state index in [1.54, 1.807) is 0 Å². The molecule has 16 heavy (non-hydrogen) atoms. The lowest BCUT2D eigenvalue weighted by molar-refractivity contribution is -0.0170. The predicted octanol–water partition coefficient (Wildman–Crippen LogP) is 2.66. The van der Waals surface area contributed by atoms with Crippen molar-refractivity contribution in [1.82, 2.24) is 4.90 Å². The molecular formula is C14H26N2. The van der Waals surface area contributed by atoms with Crippen molar-refractivity contribution < 1.29 is 0 Å². The van der Waals surface area contributed by atoms with Gasteiger partial charge in [-0.25, -0.2) is 0 Å². The molecule has 2 heterocycles. The lowest BCUT2D eigenvalue weighted by Gasteiger charge is -2.52. The molecule has 0 spiro atoms. The Kier molecular flexibility index (Phi) is 3.21. The van der Waals surface area contributed by atoms with Crippen LogP contribution < -0.4 is 5.73 Å². The maximum Gasteiger partial charge on any atom is 0.0116 e. The smallest absolute Gasteiger partial charge is 0.0116 e. The Morgan fingerprint density at radius 1 is 0.688 bits per heavy atom. The van der Waals surface area contributed by atoms with E-state index in [9.17, 15) is 0 Å². The minimum absolute atomic E-state index is 0.496. The molecule has 2 bridgehead atoms. The van der Waals surface area contributed by atoms with Crippen LogP contribution in [0.3, 0.4) is 0 Å². The van der Waals surface area contributed by atoms with E-state index >= 15 is 0 Å². The summed E-state index contributed by atoms with van der Waals surface area (Å²) in [5.74, 6) is 0. The van der Waals surface area contributed by atoms with Crippen LogP contribution in [-0.2, 0) is 0 Å². The summed E-state index contributed by atoms with van der Waals surface area (Å²) in [6.07, 6.45) is 14.1. The summed E-state index contributed by atoms with van der Waals surface area (Å²) in [6.45, 7) is 0. The summed E-state index contributed by atoms with van der Waals surface area (Å²) >= 11 is 0. The Labute approximate surface area is 99.6 Å². The normalized spacial score (nSPS) is 42.2. The average Bonchev–Trinajstić information content (AvgIpc) is 2.29. The van der Waals surface area contributed by atoms with Crippen LogP contribution in [0, 0.1) is 0 Å². The lowest BCUT2D eigenvalue weighted by atomic mass is 9.79. The Hall–Kier alpha value is -0.0800. The third-order valence-corrected chi connectivity index (χ3v) is 5.06. The summed E-state index contributed by atoms with van der Waals surface area (Å²) < 4.78 is 0. The van der Waals surface area contributed by atoms with Crippen molar-refractivity contribution in [2.75, 3.05) is 0 Å². The largest absolute Gasteiger partial charge is 0.328 e. The molecule has 2 heteroatoms. The van der Waals surface area contributed by atoms with Gasteiger partial charge in [-0.3, -0.25) is 4.90 Å². The van der Waals surface area contributed by atoms with Crippen molar-refractivity contribution in [3.8, 4) is 0 Å². The second-order valence-electron chi connectivity index (χ2n) is 6.21. The van der Waals surface area contributed by atoms with E-state index < -0.39 is 0 Å². The zero-order valence-electron chi connectivity index (χ0n) is 10.4. The van der Waals surface area contributed by atoms with Gasteiger partial charge in [0.2, 0.25) is 0 Å². The molecule has 2 N–H and O–H groups in total. The summed E-state index contributed by atoms with van der Waals surface area (Å²) in [4.78, 5) is 2.91. The topological polar surface area (TPSA) is 29.3 Å². The molecule has 3 rings (SSSR count). The van der Waals surface area contributed by atoms with Gasteiger partial charge in [0, 0.05) is 24.2 Å². The van der Waals surface area contributed by atoms with Gasteiger partial charge < -0.3 is 5.73 Å². The van der Waals surface area contributed by atoms with Gasteiger partial charge >= 0.3 is 0 Å². The summed E-state index contributed by atoms with van der Waals surface area (Å²) in [5, 5.41) is 0. The fourth-order valence-electron chi connectivity index (χ4n) is 4.44. The summed E-state index contributed by atoms with van der Waals surface area (Å²) in [7, 11) is 0. The molecule has 0 aromatic carbocycles. The van der Waals surface area contributed by atoms with E-state index in [1.807, 2.05) is 0 Å². The molecule has 3 fully saturated rings. The highest BCUT2D eigenvalue weighted by molar-refractivity contribution is 4.97. The zero-order valence-corrected chi connectivity index (χ0v) is 10.4. The molecule has 92 valence electrons. The zero-order chi connectivity index (χ0) is 11.0. The van der Waals surface area contributed by atoms with Gasteiger partial charge in [-0.2, -0.15) is 0 Å². The van der Waals surface area contributed by atoms with Gasteiger partial charge in [-0.05, 0) is 38.5 Å². The van der Waals surface area contributed by atoms with Crippen molar-refractivity contribution in [2.24, 2.45) is 5.73 Å². The number of piperidine rings is 2. The molecule has 2 nitrogen and oxygen atoms in total. The van der Waals surface area contributed by atoms with Crippen molar-refractivity contribution in [1.29, 1.82) is 0 Å². The van der Waals surface area contributed by atoms with E-state index in [4.69, 9.17) is 5.73 Å². The van der Waals surface area contributed by atoms with E-state index in [2.05, 4.69) is 4.90 Å². The van der Waals surface area contributed by atoms with Gasteiger partial charge in [-0.1, -0.05) is 25.7 Å². The Morgan fingerprint density at radius 2 is 1.25 bits per heavy atom. The highest BCUT2D eigenvalue weighted by atomic mass is 15.2. The molecule has 1 unspecified atom stereocenters. The van der Waals surface area contributed by atoms with Crippen LogP contribution in [0.4, 0.5) is 0 Å². The SMILES string of the molecule is NC1C[C@H]2CCC[C@@H](C1)N2C1CCCCC1. The van der Waals surface area contributed by atoms with Crippen molar-refractivity contribution in [2.45, 2.75) is 88.4 Å². The van der Waals surface area contributed by atoms with Crippen molar-refractivity contribution in [3.63, 3.8) is 0 Å². The molecule has 3 atom stereocenters. The minimum Gasteiger partial charge on any atom is -0.328 e. The number of hydrogen-bond donors (Lipinski definition) is 1. The molecule has 3 aliphatic rings. The molecule has 0 aromatic heterocycles. The van der Waals surface area contributed by atoms with Gasteiger partial charge in [0.1, 0.15) is 0 Å². The molecule has 1 saturated carbocycles. The number of nitrogens with two attached hydrogens (primary N) is 1. The molecule has 0 aromatic rings. The maximum atomic E-state index is 6.19. The molecule has 1 aliphatic carbocycles. The van der Waals surface area contributed by atoms with Crippen molar-refractivity contribution in [3.05, 3.63) is 0 Å². The molecule has 0 amide bonds. The standard InChI is InChI=1S/C14H26N2/c15-11-9-13-7-4-8-14(10-11)16(13)12-5-2-1-3-6-12/h11-14H,1-10,15H2/t11?,13-,14+. The lowest BCUT2D eigenvalue weighted by Crippen LogP contribution is -2.59. The second kappa shape index (κ2) is 4.66. The van der Waals surface area contributed by atoms with Gasteiger partial charge in [0.15, 0.2) is 0 Å². The number of nitrogens with zero attached hydrogens (tertiary/aromatic N) is 1. The van der Waals surface area contributed by atoms with E-state index in [0.717, 1.165) is 18.1 Å². The Balaban J connectivity index is 1.72. The molecule has 2 saturated heterocycles. The van der Waals surface area contributed by atoms with E-state index in [0.29, 0.717) is 6.04 Å². The first-order valence-electron chi connectivity index (χ1n) is 7.37. The maximum absolute atomic E-state index is 6.19. The third kappa shape index (κ3) is 2.02. The highest BCUT2D eigenvalue weighted by Gasteiger charge is 2.40. The van der Waals surface area contributed by atoms with E-state index in [1.165, 1.54) is 64.2 Å². The number of rotatable bonds is 1. The first-order chi connectivity index (χ1) is 7.84. The Morgan fingerprint density at radius 3 is 1.88 bits per heavy atom. The number of fused-ring (bicyclic) bond motifs is 2. The molecule has 0 radical (unpaired) electrons. The van der Waals surface area contributed by atoms with Crippen LogP contribution in [-0.4, -0.2) is 29.1 Å². The van der Waals surface area contributed by atoms with Crippen LogP contribution in [0.15, 0.2) is 0 Å². The van der Waals surface area contributed by atoms with Crippen LogP contribution in [0.5, 0.6) is 0 Å². The predicted molar refractivity (Wildman–Crippen MR) is 67.3 cm³/mol. The number of hydrogen-bond acceptors (Lipinski definition) is 2. The van der Waals surface area contributed by atoms with Gasteiger partial charge in [0.05, 0.1) is 0 Å². The van der Waals surface area contributed by atoms with Crippen LogP contribution in [0.25, 0.3) is 0 Å². The molecular weight excluding hydrogens is 196 g/mol. The first-order valence-corrected chi connectivity index (χ1v) is 7.37. The van der Waals surface area contributed by atoms with Gasteiger partial charge in [0.25, 0.3) is 0 Å². The fourth-order valence-corrected chi connectivity index (χ4v) is 4.44. The average molecular weight is 222 g/mol. The summed E-state index contributed by atoms with van der Waals surface area (Å²) in [6, 6.07) is 3.09. The summed E-state index contributed by atoms with van der Waals surface area (Å²) in [5.41, 5.74) is 6.19. The third-order valence-electron chi connectivity index (χ3n) is 5.06. The monoisotopic (exact) mass is 222 g/mol. The van der Waals surface area contributed by atoms with Crippen molar-refractivity contribution >= 4 is 0 Å². The fraction of sp³-hybridized carbons (Fsp3) is 1.00.